The van der Waals surface area contributed by atoms with Crippen molar-refractivity contribution in [2.45, 2.75) is 18.7 Å². The van der Waals surface area contributed by atoms with Crippen LogP contribution in [0.4, 0.5) is 5.69 Å². The third-order valence-corrected chi connectivity index (χ3v) is 6.50. The summed E-state index contributed by atoms with van der Waals surface area (Å²) in [5.41, 5.74) is 2.20. The molecule has 0 unspecified atom stereocenters. The van der Waals surface area contributed by atoms with Crippen LogP contribution in [0.3, 0.4) is 0 Å². The summed E-state index contributed by atoms with van der Waals surface area (Å²) in [5.74, 6) is -0.358. The van der Waals surface area contributed by atoms with Gasteiger partial charge in [0.15, 0.2) is 0 Å². The number of hydrogen-bond acceptors (Lipinski definition) is 5. The van der Waals surface area contributed by atoms with Crippen molar-refractivity contribution in [2.24, 2.45) is 0 Å². The van der Waals surface area contributed by atoms with E-state index < -0.39 is 10.0 Å². The molecule has 0 saturated carbocycles. The van der Waals surface area contributed by atoms with Gasteiger partial charge in [-0.1, -0.05) is 24.3 Å². The Morgan fingerprint density at radius 1 is 1.04 bits per heavy atom. The lowest BCUT2D eigenvalue weighted by atomic mass is 10.1. The van der Waals surface area contributed by atoms with Crippen molar-refractivity contribution >= 4 is 21.7 Å². The molecule has 144 valence electrons. The molecule has 1 fully saturated rings. The van der Waals surface area contributed by atoms with Crippen molar-refractivity contribution in [1.82, 2.24) is 4.31 Å². The zero-order valence-corrected chi connectivity index (χ0v) is 16.4. The van der Waals surface area contributed by atoms with Gasteiger partial charge in [-0.15, -0.1) is 0 Å². The van der Waals surface area contributed by atoms with E-state index in [0.717, 1.165) is 11.3 Å². The van der Waals surface area contributed by atoms with Gasteiger partial charge in [-0.2, -0.15) is 4.31 Å². The molecule has 27 heavy (non-hydrogen) atoms. The zero-order valence-electron chi connectivity index (χ0n) is 15.6. The summed E-state index contributed by atoms with van der Waals surface area (Å²) in [5, 5.41) is 0. The van der Waals surface area contributed by atoms with Gasteiger partial charge in [0.2, 0.25) is 10.0 Å². The van der Waals surface area contributed by atoms with Gasteiger partial charge in [0.1, 0.15) is 0 Å². The molecule has 0 radical (unpaired) electrons. The average Bonchev–Trinajstić information content (AvgIpc) is 2.68. The molecule has 2 aromatic carbocycles. The van der Waals surface area contributed by atoms with Crippen molar-refractivity contribution in [3.63, 3.8) is 0 Å². The summed E-state index contributed by atoms with van der Waals surface area (Å²) < 4.78 is 32.4. The van der Waals surface area contributed by atoms with Crippen molar-refractivity contribution in [3.8, 4) is 0 Å². The van der Waals surface area contributed by atoms with Gasteiger partial charge in [-0.25, -0.2) is 13.2 Å². The fourth-order valence-electron chi connectivity index (χ4n) is 3.23. The highest BCUT2D eigenvalue weighted by molar-refractivity contribution is 7.89. The van der Waals surface area contributed by atoms with Crippen LogP contribution in [0.25, 0.3) is 0 Å². The van der Waals surface area contributed by atoms with Gasteiger partial charge < -0.3 is 9.64 Å². The molecule has 1 saturated heterocycles. The van der Waals surface area contributed by atoms with E-state index in [1.165, 1.54) is 4.31 Å². The maximum Gasteiger partial charge on any atom is 0.340 e. The van der Waals surface area contributed by atoms with Gasteiger partial charge in [0, 0.05) is 26.2 Å². The smallest absolute Gasteiger partial charge is 0.340 e. The van der Waals surface area contributed by atoms with Gasteiger partial charge in [-0.3, -0.25) is 0 Å². The molecule has 3 rings (SSSR count). The average molecular weight is 388 g/mol. The van der Waals surface area contributed by atoms with E-state index in [-0.39, 0.29) is 5.97 Å². The minimum Gasteiger partial charge on any atom is -0.462 e. The third kappa shape index (κ3) is 4.14. The summed E-state index contributed by atoms with van der Waals surface area (Å²) in [6, 6.07) is 14.2. The number of hydrogen-bond donors (Lipinski definition) is 0. The van der Waals surface area contributed by atoms with Crippen LogP contribution in [0.1, 0.15) is 22.8 Å². The fourth-order valence-corrected chi connectivity index (χ4v) is 4.75. The number of anilines is 1. The Morgan fingerprint density at radius 3 is 2.41 bits per heavy atom. The Labute approximate surface area is 160 Å². The number of esters is 1. The molecule has 1 aliphatic heterocycles. The third-order valence-electron chi connectivity index (χ3n) is 4.61. The first-order valence-electron chi connectivity index (χ1n) is 9.01. The van der Waals surface area contributed by atoms with Crippen LogP contribution in [0.5, 0.6) is 0 Å². The van der Waals surface area contributed by atoms with E-state index >= 15 is 0 Å². The normalized spacial score (nSPS) is 15.6. The maximum absolute atomic E-state index is 12.9. The second-order valence-electron chi connectivity index (χ2n) is 6.45. The molecule has 1 heterocycles. The Kier molecular flexibility index (Phi) is 5.82. The molecule has 0 spiro atoms. The number of carbonyl (C=O) groups excluding carboxylic acids is 1. The van der Waals surface area contributed by atoms with Crippen LogP contribution in [0, 0.1) is 6.92 Å². The first-order valence-corrected chi connectivity index (χ1v) is 10.5. The van der Waals surface area contributed by atoms with E-state index in [1.807, 2.05) is 30.0 Å². The molecule has 0 atom stereocenters. The second kappa shape index (κ2) is 8.10. The highest BCUT2D eigenvalue weighted by Crippen LogP contribution is 2.25. The van der Waals surface area contributed by atoms with Crippen LogP contribution in [-0.4, -0.2) is 51.5 Å². The van der Waals surface area contributed by atoms with E-state index in [9.17, 15) is 13.2 Å². The number of nitrogens with zero attached hydrogens (tertiary/aromatic N) is 2. The number of sulfonamides is 1. The van der Waals surface area contributed by atoms with Crippen molar-refractivity contribution < 1.29 is 17.9 Å². The van der Waals surface area contributed by atoms with Crippen LogP contribution in [0.15, 0.2) is 53.4 Å². The van der Waals surface area contributed by atoms with Gasteiger partial charge >= 0.3 is 5.97 Å². The molecule has 6 nitrogen and oxygen atoms in total. The van der Waals surface area contributed by atoms with Gasteiger partial charge in [0.25, 0.3) is 0 Å². The summed E-state index contributed by atoms with van der Waals surface area (Å²) in [4.78, 5) is 14.6. The Balaban J connectivity index is 1.76. The predicted octanol–water partition coefficient (Wildman–Crippen LogP) is 2.68. The fraction of sp³-hybridized carbons (Fsp3) is 0.350. The molecule has 0 aromatic heterocycles. The minimum atomic E-state index is -3.51. The van der Waals surface area contributed by atoms with E-state index in [1.54, 1.807) is 37.3 Å². The molecule has 0 aliphatic carbocycles. The summed E-state index contributed by atoms with van der Waals surface area (Å²) in [6.07, 6.45) is 0. The highest BCUT2D eigenvalue weighted by Gasteiger charge is 2.29. The number of para-hydroxylation sites is 1. The standard InChI is InChI=1S/C20H24N2O4S/c1-3-26-20(23)18-9-4-5-10-19(18)21-11-13-22(14-12-21)27(24,25)17-8-6-7-16(2)15-17/h4-10,15H,3,11-14H2,1-2H3. The number of piperazine rings is 1. The number of ether oxygens (including phenoxy) is 1. The molecular weight excluding hydrogens is 364 g/mol. The molecular formula is C20H24N2O4S. The van der Waals surface area contributed by atoms with Crippen LogP contribution in [-0.2, 0) is 14.8 Å². The van der Waals surface area contributed by atoms with Crippen molar-refractivity contribution in [3.05, 3.63) is 59.7 Å². The van der Waals surface area contributed by atoms with Crippen molar-refractivity contribution in [2.75, 3.05) is 37.7 Å². The van der Waals surface area contributed by atoms with Gasteiger partial charge in [0.05, 0.1) is 22.8 Å². The van der Waals surface area contributed by atoms with Crippen LogP contribution < -0.4 is 4.90 Å². The quantitative estimate of drug-likeness (QED) is 0.737. The maximum atomic E-state index is 12.9. The molecule has 0 bridgehead atoms. The molecule has 2 aromatic rings. The zero-order chi connectivity index (χ0) is 19.4. The second-order valence-corrected chi connectivity index (χ2v) is 8.38. The minimum absolute atomic E-state index is 0.315. The lowest BCUT2D eigenvalue weighted by molar-refractivity contribution is 0.0527. The molecule has 1 aliphatic rings. The summed E-state index contributed by atoms with van der Waals surface area (Å²) in [6.45, 7) is 5.73. The SMILES string of the molecule is CCOC(=O)c1ccccc1N1CCN(S(=O)(=O)c2cccc(C)c2)CC1. The van der Waals surface area contributed by atoms with Gasteiger partial charge in [-0.05, 0) is 43.7 Å². The highest BCUT2D eigenvalue weighted by atomic mass is 32.2. The molecule has 0 N–H and O–H groups in total. The van der Waals surface area contributed by atoms with E-state index in [2.05, 4.69) is 0 Å². The number of rotatable bonds is 5. The summed E-state index contributed by atoms with van der Waals surface area (Å²) in [7, 11) is -3.51. The Hall–Kier alpha value is -2.38. The largest absolute Gasteiger partial charge is 0.462 e. The lowest BCUT2D eigenvalue weighted by Gasteiger charge is -2.36. The number of aryl methyl sites for hydroxylation is 1. The number of benzene rings is 2. The molecule has 0 amide bonds. The van der Waals surface area contributed by atoms with E-state index in [0.29, 0.717) is 43.2 Å². The lowest BCUT2D eigenvalue weighted by Crippen LogP contribution is -2.49. The topological polar surface area (TPSA) is 66.9 Å². The first kappa shape index (κ1) is 19.4. The Morgan fingerprint density at radius 2 is 1.74 bits per heavy atom. The predicted molar refractivity (Wildman–Crippen MR) is 105 cm³/mol. The first-order chi connectivity index (χ1) is 12.9. The van der Waals surface area contributed by atoms with Crippen LogP contribution in [0.2, 0.25) is 0 Å². The number of carbonyl (C=O) groups is 1. The molecule has 7 heteroatoms. The Bertz CT molecular complexity index is 919. The monoisotopic (exact) mass is 388 g/mol. The summed E-state index contributed by atoms with van der Waals surface area (Å²) >= 11 is 0. The van der Waals surface area contributed by atoms with E-state index in [4.69, 9.17) is 4.74 Å². The van der Waals surface area contributed by atoms with Crippen molar-refractivity contribution in [1.29, 1.82) is 0 Å². The van der Waals surface area contributed by atoms with Crippen LogP contribution >= 0.6 is 0 Å².